The molecule has 0 aromatic rings. The van der Waals surface area contributed by atoms with Gasteiger partial charge in [0, 0.05) is 6.04 Å². The van der Waals surface area contributed by atoms with Gasteiger partial charge < -0.3 is 10.8 Å². The second-order valence-electron chi connectivity index (χ2n) is 4.41. The minimum atomic E-state index is -0.493. The van der Waals surface area contributed by atoms with Crippen LogP contribution in [0.15, 0.2) is 24.8 Å². The number of unbranched alkanes of at least 4 members (excludes halogenated alkanes) is 6. The molecule has 16 heavy (non-hydrogen) atoms. The second kappa shape index (κ2) is 10.9. The Labute approximate surface area is 100 Å². The lowest BCUT2D eigenvalue weighted by Gasteiger charge is -2.08. The van der Waals surface area contributed by atoms with Crippen molar-refractivity contribution in [2.45, 2.75) is 64.0 Å². The molecule has 0 spiro atoms. The van der Waals surface area contributed by atoms with Crippen molar-refractivity contribution in [1.82, 2.24) is 0 Å². The Kier molecular flexibility index (Phi) is 10.5. The van der Waals surface area contributed by atoms with Gasteiger partial charge in [0.2, 0.25) is 0 Å². The highest BCUT2D eigenvalue weighted by Crippen LogP contribution is 2.08. The van der Waals surface area contributed by atoms with Crippen LogP contribution in [0.4, 0.5) is 0 Å². The van der Waals surface area contributed by atoms with Crippen molar-refractivity contribution in [1.29, 1.82) is 0 Å². The number of aliphatic hydroxyl groups is 1. The first kappa shape index (κ1) is 15.4. The predicted molar refractivity (Wildman–Crippen MR) is 71.3 cm³/mol. The number of allylic oxidation sites excluding steroid dienone is 2. The van der Waals surface area contributed by atoms with Crippen molar-refractivity contribution in [3.05, 3.63) is 24.8 Å². The summed E-state index contributed by atoms with van der Waals surface area (Å²) in [4.78, 5) is 0. The Balaban J connectivity index is 3.23. The van der Waals surface area contributed by atoms with E-state index in [1.54, 1.807) is 0 Å². The molecule has 0 heterocycles. The summed E-state index contributed by atoms with van der Waals surface area (Å²) in [5, 5.41) is 9.41. The van der Waals surface area contributed by atoms with Crippen molar-refractivity contribution in [3.63, 3.8) is 0 Å². The van der Waals surface area contributed by atoms with E-state index >= 15 is 0 Å². The lowest BCUT2D eigenvalue weighted by molar-refractivity contribution is 0.198. The molecule has 2 nitrogen and oxygen atoms in total. The van der Waals surface area contributed by atoms with Crippen LogP contribution >= 0.6 is 0 Å². The van der Waals surface area contributed by atoms with Crippen LogP contribution in [0.3, 0.4) is 0 Å². The van der Waals surface area contributed by atoms with Crippen LogP contribution in [0.25, 0.3) is 0 Å². The zero-order valence-corrected chi connectivity index (χ0v) is 10.6. The molecule has 2 atom stereocenters. The Morgan fingerprint density at radius 1 is 1.12 bits per heavy atom. The molecule has 0 radical (unpaired) electrons. The first-order valence-electron chi connectivity index (χ1n) is 6.39. The molecule has 0 unspecified atom stereocenters. The molecule has 0 amide bonds. The van der Waals surface area contributed by atoms with Gasteiger partial charge in [-0.05, 0) is 32.6 Å². The number of hydrogen-bond donors (Lipinski definition) is 2. The average molecular weight is 225 g/mol. The van der Waals surface area contributed by atoms with Gasteiger partial charge in [0.25, 0.3) is 0 Å². The van der Waals surface area contributed by atoms with Gasteiger partial charge >= 0.3 is 0 Å². The number of nitrogens with two attached hydrogens (primary N) is 1. The molecule has 94 valence electrons. The molecule has 0 aromatic carbocycles. The summed E-state index contributed by atoms with van der Waals surface area (Å²) in [5.74, 6) is 0. The van der Waals surface area contributed by atoms with E-state index in [2.05, 4.69) is 6.58 Å². The predicted octanol–water partition coefficient (Wildman–Crippen LogP) is 3.17. The van der Waals surface area contributed by atoms with Gasteiger partial charge in [0.15, 0.2) is 0 Å². The molecular formula is C14H27NO. The normalized spacial score (nSPS) is 15.2. The molecule has 2 heteroatoms. The molecule has 3 N–H and O–H groups in total. The van der Waals surface area contributed by atoms with Gasteiger partial charge in [-0.1, -0.05) is 37.5 Å². The highest BCUT2D eigenvalue weighted by Gasteiger charge is 2.02. The van der Waals surface area contributed by atoms with Crippen LogP contribution in [0, 0.1) is 0 Å². The average Bonchev–Trinajstić information content (AvgIpc) is 2.26. The zero-order chi connectivity index (χ0) is 12.2. The van der Waals surface area contributed by atoms with Gasteiger partial charge in [0.05, 0.1) is 6.10 Å². The molecule has 0 aliphatic heterocycles. The van der Waals surface area contributed by atoms with Crippen LogP contribution in [-0.4, -0.2) is 17.3 Å². The van der Waals surface area contributed by atoms with Crippen LogP contribution in [0.1, 0.15) is 51.9 Å². The quantitative estimate of drug-likeness (QED) is 0.443. The van der Waals surface area contributed by atoms with Crippen LogP contribution < -0.4 is 5.73 Å². The highest BCUT2D eigenvalue weighted by atomic mass is 16.3. The van der Waals surface area contributed by atoms with Crippen LogP contribution in [-0.2, 0) is 0 Å². The summed E-state index contributed by atoms with van der Waals surface area (Å²) in [7, 11) is 0. The van der Waals surface area contributed by atoms with Gasteiger partial charge in [-0.2, -0.15) is 0 Å². The molecule has 0 bridgehead atoms. The first-order valence-corrected chi connectivity index (χ1v) is 6.39. The van der Waals surface area contributed by atoms with Gasteiger partial charge in [0.1, 0.15) is 0 Å². The van der Waals surface area contributed by atoms with E-state index < -0.39 is 6.10 Å². The van der Waals surface area contributed by atoms with Crippen molar-refractivity contribution in [2.75, 3.05) is 0 Å². The topological polar surface area (TPSA) is 46.2 Å². The standard InChI is InChI=1S/C14H27NO/c1-3-4-5-6-7-8-9-10-11-12-14(16)13(2)15/h3,11-14,16H,1,4-10,15H2,2H3/b12-11+/t13-,14+/m1/s1. The van der Waals surface area contributed by atoms with E-state index in [9.17, 15) is 5.11 Å². The van der Waals surface area contributed by atoms with Crippen molar-refractivity contribution in [3.8, 4) is 0 Å². The van der Waals surface area contributed by atoms with Crippen molar-refractivity contribution in [2.24, 2.45) is 5.73 Å². The van der Waals surface area contributed by atoms with E-state index in [1.165, 1.54) is 32.1 Å². The molecule has 0 aromatic heterocycles. The SMILES string of the molecule is C=CCCCCCCC/C=C/[C@H](O)[C@@H](C)N. The Bertz CT molecular complexity index is 187. The van der Waals surface area contributed by atoms with E-state index in [-0.39, 0.29) is 6.04 Å². The fraction of sp³-hybridized carbons (Fsp3) is 0.714. The zero-order valence-electron chi connectivity index (χ0n) is 10.6. The van der Waals surface area contributed by atoms with Gasteiger partial charge in [-0.25, -0.2) is 0 Å². The van der Waals surface area contributed by atoms with E-state index in [4.69, 9.17) is 5.73 Å². The summed E-state index contributed by atoms with van der Waals surface area (Å²) in [6.45, 7) is 5.52. The number of rotatable bonds is 10. The largest absolute Gasteiger partial charge is 0.387 e. The number of hydrogen-bond acceptors (Lipinski definition) is 2. The summed E-state index contributed by atoms with van der Waals surface area (Å²) in [6.07, 6.45) is 13.9. The third kappa shape index (κ3) is 9.94. The third-order valence-electron chi connectivity index (χ3n) is 2.65. The second-order valence-corrected chi connectivity index (χ2v) is 4.41. The maximum atomic E-state index is 9.41. The summed E-state index contributed by atoms with van der Waals surface area (Å²) >= 11 is 0. The molecule has 0 saturated carbocycles. The first-order chi connectivity index (χ1) is 7.68. The Hall–Kier alpha value is -0.600. The lowest BCUT2D eigenvalue weighted by Crippen LogP contribution is -2.29. The molecule has 0 aliphatic carbocycles. The van der Waals surface area contributed by atoms with E-state index in [0.717, 1.165) is 12.8 Å². The van der Waals surface area contributed by atoms with E-state index in [0.29, 0.717) is 0 Å². The van der Waals surface area contributed by atoms with Crippen molar-refractivity contribution >= 4 is 0 Å². The molecular weight excluding hydrogens is 198 g/mol. The summed E-state index contributed by atoms with van der Waals surface area (Å²) < 4.78 is 0. The monoisotopic (exact) mass is 225 g/mol. The smallest absolute Gasteiger partial charge is 0.0869 e. The highest BCUT2D eigenvalue weighted by molar-refractivity contribution is 4.92. The van der Waals surface area contributed by atoms with Gasteiger partial charge in [-0.3, -0.25) is 0 Å². The number of aliphatic hydroxyl groups excluding tert-OH is 1. The van der Waals surface area contributed by atoms with Gasteiger partial charge in [-0.15, -0.1) is 6.58 Å². The van der Waals surface area contributed by atoms with Crippen LogP contribution in [0.2, 0.25) is 0 Å². The molecule has 0 saturated heterocycles. The minimum Gasteiger partial charge on any atom is -0.387 e. The Morgan fingerprint density at radius 2 is 1.69 bits per heavy atom. The molecule has 0 rings (SSSR count). The fourth-order valence-corrected chi connectivity index (χ4v) is 1.49. The summed E-state index contributed by atoms with van der Waals surface area (Å²) in [5.41, 5.74) is 5.54. The third-order valence-corrected chi connectivity index (χ3v) is 2.65. The van der Waals surface area contributed by atoms with Crippen LogP contribution in [0.5, 0.6) is 0 Å². The minimum absolute atomic E-state index is 0.171. The molecule has 0 aliphatic rings. The maximum absolute atomic E-state index is 9.41. The maximum Gasteiger partial charge on any atom is 0.0869 e. The summed E-state index contributed by atoms with van der Waals surface area (Å²) in [6, 6.07) is -0.171. The fourth-order valence-electron chi connectivity index (χ4n) is 1.49. The van der Waals surface area contributed by atoms with E-state index in [1.807, 2.05) is 25.2 Å². The lowest BCUT2D eigenvalue weighted by atomic mass is 10.1. The molecule has 0 fully saturated rings. The Morgan fingerprint density at radius 3 is 2.25 bits per heavy atom. The van der Waals surface area contributed by atoms with Crippen molar-refractivity contribution < 1.29 is 5.11 Å².